The van der Waals surface area contributed by atoms with E-state index in [1.165, 1.54) is 6.33 Å². The average molecular weight is 418 g/mol. The van der Waals surface area contributed by atoms with Gasteiger partial charge in [0.25, 0.3) is 0 Å². The van der Waals surface area contributed by atoms with E-state index < -0.39 is 0 Å². The maximum Gasteiger partial charge on any atom is 0.143 e. The third-order valence-electron chi connectivity index (χ3n) is 5.37. The van der Waals surface area contributed by atoms with Crippen molar-refractivity contribution in [1.29, 1.82) is 0 Å². The first-order valence-corrected chi connectivity index (χ1v) is 10.5. The van der Waals surface area contributed by atoms with Crippen molar-refractivity contribution in [3.63, 3.8) is 0 Å². The molecule has 0 amide bonds. The summed E-state index contributed by atoms with van der Waals surface area (Å²) in [6, 6.07) is 17.4. The van der Waals surface area contributed by atoms with Crippen molar-refractivity contribution >= 4 is 17.4 Å². The molecule has 3 aromatic rings. The molecule has 1 aliphatic rings. The number of nitrogen functional groups attached to an aromatic ring is 1. The van der Waals surface area contributed by atoms with Gasteiger partial charge in [0.05, 0.1) is 12.1 Å². The number of aromatic nitrogens is 2. The lowest BCUT2D eigenvalue weighted by molar-refractivity contribution is -0.117. The van der Waals surface area contributed by atoms with E-state index in [1.54, 1.807) is 6.92 Å². The Kier molecular flexibility index (Phi) is 6.43. The molecule has 0 spiro atoms. The number of rotatable bonds is 8. The third kappa shape index (κ3) is 5.38. The molecule has 31 heavy (non-hydrogen) atoms. The van der Waals surface area contributed by atoms with E-state index in [0.29, 0.717) is 24.1 Å². The summed E-state index contributed by atoms with van der Waals surface area (Å²) < 4.78 is 5.88. The maximum atomic E-state index is 11.4. The topological polar surface area (TPSA) is 93.4 Å². The third-order valence-corrected chi connectivity index (χ3v) is 5.37. The highest BCUT2D eigenvalue weighted by molar-refractivity contribution is 5.83. The van der Waals surface area contributed by atoms with E-state index in [1.807, 2.05) is 54.6 Å². The lowest BCUT2D eigenvalue weighted by Crippen LogP contribution is -2.27. The molecule has 2 heterocycles. The number of benzene rings is 2. The van der Waals surface area contributed by atoms with Gasteiger partial charge in [0.15, 0.2) is 0 Å². The summed E-state index contributed by atoms with van der Waals surface area (Å²) in [5, 5.41) is 3.45. The first kappa shape index (κ1) is 20.8. The van der Waals surface area contributed by atoms with Gasteiger partial charge in [0, 0.05) is 13.1 Å². The van der Waals surface area contributed by atoms with Crippen molar-refractivity contribution in [3.8, 4) is 22.6 Å². The number of para-hydroxylation sites is 1. The molecule has 0 radical (unpaired) electrons. The normalized spacial score (nSPS) is 16.2. The van der Waals surface area contributed by atoms with Crippen LogP contribution >= 0.6 is 0 Å². The zero-order chi connectivity index (χ0) is 21.6. The van der Waals surface area contributed by atoms with E-state index in [2.05, 4.69) is 20.2 Å². The molecule has 1 saturated heterocycles. The van der Waals surface area contributed by atoms with Gasteiger partial charge in [-0.1, -0.05) is 30.3 Å². The first-order valence-electron chi connectivity index (χ1n) is 10.5. The van der Waals surface area contributed by atoms with Crippen LogP contribution in [0.5, 0.6) is 11.5 Å². The SMILES string of the molecule is CC(=O)CN1CCC(CNc2ncnc(N)c2-c2ccc(Oc3ccccc3)cc2)C1. The Bertz CT molecular complexity index is 1020. The van der Waals surface area contributed by atoms with Gasteiger partial charge >= 0.3 is 0 Å². The van der Waals surface area contributed by atoms with E-state index in [0.717, 1.165) is 48.7 Å². The van der Waals surface area contributed by atoms with Gasteiger partial charge in [0.1, 0.15) is 35.2 Å². The number of nitrogens with zero attached hydrogens (tertiary/aromatic N) is 3. The molecule has 7 nitrogen and oxygen atoms in total. The molecule has 3 N–H and O–H groups in total. The number of ketones is 1. The summed E-state index contributed by atoms with van der Waals surface area (Å²) in [6.07, 6.45) is 2.53. The molecule has 1 fully saturated rings. The highest BCUT2D eigenvalue weighted by atomic mass is 16.5. The van der Waals surface area contributed by atoms with Crippen molar-refractivity contribution in [1.82, 2.24) is 14.9 Å². The molecule has 2 aromatic carbocycles. The van der Waals surface area contributed by atoms with Crippen LogP contribution < -0.4 is 15.8 Å². The van der Waals surface area contributed by atoms with Crippen molar-refractivity contribution < 1.29 is 9.53 Å². The molecule has 160 valence electrons. The van der Waals surface area contributed by atoms with Crippen LogP contribution in [0, 0.1) is 5.92 Å². The molecule has 1 aromatic heterocycles. The number of hydrogen-bond acceptors (Lipinski definition) is 7. The Hall–Kier alpha value is -3.45. The monoisotopic (exact) mass is 417 g/mol. The number of hydrogen-bond donors (Lipinski definition) is 2. The number of carbonyl (C=O) groups excluding carboxylic acids is 1. The van der Waals surface area contributed by atoms with Crippen molar-refractivity contribution in [3.05, 3.63) is 60.9 Å². The fourth-order valence-electron chi connectivity index (χ4n) is 3.91. The standard InChI is InChI=1S/C24H27N5O2/c1-17(30)14-29-12-11-18(15-29)13-26-24-22(23(25)27-16-28-24)19-7-9-21(10-8-19)31-20-5-3-2-4-6-20/h2-10,16,18H,11-15H2,1H3,(H3,25,26,27,28). The number of anilines is 2. The van der Waals surface area contributed by atoms with Crippen molar-refractivity contribution in [2.24, 2.45) is 5.92 Å². The van der Waals surface area contributed by atoms with Crippen molar-refractivity contribution in [2.45, 2.75) is 13.3 Å². The van der Waals surface area contributed by atoms with E-state index in [9.17, 15) is 4.79 Å². The summed E-state index contributed by atoms with van der Waals surface area (Å²) in [7, 11) is 0. The van der Waals surface area contributed by atoms with Crippen LogP contribution in [0.3, 0.4) is 0 Å². The molecule has 0 saturated carbocycles. The fourth-order valence-corrected chi connectivity index (χ4v) is 3.91. The highest BCUT2D eigenvalue weighted by Gasteiger charge is 2.23. The predicted molar refractivity (Wildman–Crippen MR) is 122 cm³/mol. The van der Waals surface area contributed by atoms with Crippen LogP contribution in [0.1, 0.15) is 13.3 Å². The maximum absolute atomic E-state index is 11.4. The predicted octanol–water partition coefficient (Wildman–Crippen LogP) is 3.84. The van der Waals surface area contributed by atoms with Crippen LogP contribution in [-0.2, 0) is 4.79 Å². The molecular weight excluding hydrogens is 390 g/mol. The van der Waals surface area contributed by atoms with Crippen LogP contribution in [0.25, 0.3) is 11.1 Å². The molecule has 1 unspecified atom stereocenters. The summed E-state index contributed by atoms with van der Waals surface area (Å²) in [5.74, 6) is 3.35. The number of likely N-dealkylation sites (tertiary alicyclic amines) is 1. The number of nitrogens with one attached hydrogen (secondary N) is 1. The molecule has 4 rings (SSSR count). The molecule has 7 heteroatoms. The second kappa shape index (κ2) is 9.57. The minimum absolute atomic E-state index is 0.208. The second-order valence-corrected chi connectivity index (χ2v) is 7.89. The zero-order valence-corrected chi connectivity index (χ0v) is 17.6. The lowest BCUT2D eigenvalue weighted by atomic mass is 10.1. The molecular formula is C24H27N5O2. The van der Waals surface area contributed by atoms with Gasteiger partial charge in [-0.05, 0) is 55.6 Å². The van der Waals surface area contributed by atoms with Crippen LogP contribution in [0.4, 0.5) is 11.6 Å². The Balaban J connectivity index is 1.45. The molecule has 1 aliphatic heterocycles. The average Bonchev–Trinajstić information content (AvgIpc) is 3.20. The van der Waals surface area contributed by atoms with Gasteiger partial charge in [-0.2, -0.15) is 0 Å². The summed E-state index contributed by atoms with van der Waals surface area (Å²) >= 11 is 0. The largest absolute Gasteiger partial charge is 0.457 e. The minimum Gasteiger partial charge on any atom is -0.457 e. The van der Waals surface area contributed by atoms with Gasteiger partial charge in [-0.15, -0.1) is 0 Å². The second-order valence-electron chi connectivity index (χ2n) is 7.89. The minimum atomic E-state index is 0.208. The Labute approximate surface area is 182 Å². The van der Waals surface area contributed by atoms with Crippen LogP contribution in [0.15, 0.2) is 60.9 Å². The van der Waals surface area contributed by atoms with E-state index in [-0.39, 0.29) is 5.78 Å². The van der Waals surface area contributed by atoms with E-state index >= 15 is 0 Å². The van der Waals surface area contributed by atoms with Gasteiger partial charge in [-0.25, -0.2) is 9.97 Å². The Morgan fingerprint density at radius 3 is 2.61 bits per heavy atom. The lowest BCUT2D eigenvalue weighted by Gasteiger charge is -2.17. The molecule has 0 bridgehead atoms. The summed E-state index contributed by atoms with van der Waals surface area (Å²) in [6.45, 7) is 4.80. The first-order chi connectivity index (χ1) is 15.1. The molecule has 1 atom stereocenters. The van der Waals surface area contributed by atoms with Crippen molar-refractivity contribution in [2.75, 3.05) is 37.2 Å². The number of Topliss-reactive ketones (excluding diaryl/α,β-unsaturated/α-hetero) is 1. The highest BCUT2D eigenvalue weighted by Crippen LogP contribution is 2.33. The van der Waals surface area contributed by atoms with Crippen LogP contribution in [-0.4, -0.2) is 46.8 Å². The Morgan fingerprint density at radius 2 is 1.87 bits per heavy atom. The van der Waals surface area contributed by atoms with Crippen LogP contribution in [0.2, 0.25) is 0 Å². The fraction of sp³-hybridized carbons (Fsp3) is 0.292. The smallest absolute Gasteiger partial charge is 0.143 e. The Morgan fingerprint density at radius 1 is 1.13 bits per heavy atom. The molecule has 0 aliphatic carbocycles. The van der Waals surface area contributed by atoms with Gasteiger partial charge in [-0.3, -0.25) is 9.69 Å². The zero-order valence-electron chi connectivity index (χ0n) is 17.6. The van der Waals surface area contributed by atoms with E-state index in [4.69, 9.17) is 10.5 Å². The number of carbonyl (C=O) groups is 1. The number of nitrogens with two attached hydrogens (primary N) is 1. The summed E-state index contributed by atoms with van der Waals surface area (Å²) in [5.41, 5.74) is 7.91. The number of ether oxygens (including phenoxy) is 1. The van der Waals surface area contributed by atoms with Gasteiger partial charge < -0.3 is 15.8 Å². The quantitative estimate of drug-likeness (QED) is 0.575. The van der Waals surface area contributed by atoms with Gasteiger partial charge in [0.2, 0.25) is 0 Å². The summed E-state index contributed by atoms with van der Waals surface area (Å²) in [4.78, 5) is 22.2.